The number of nitrogens with two attached hydrogens (primary N) is 1. The van der Waals surface area contributed by atoms with Gasteiger partial charge in [0.05, 0.1) is 18.2 Å². The van der Waals surface area contributed by atoms with E-state index in [-0.39, 0.29) is 12.5 Å². The van der Waals surface area contributed by atoms with Crippen molar-refractivity contribution >= 4 is 11.6 Å². The first-order chi connectivity index (χ1) is 10.7. The van der Waals surface area contributed by atoms with Crippen LogP contribution in [-0.4, -0.2) is 12.0 Å². The summed E-state index contributed by atoms with van der Waals surface area (Å²) in [6.45, 7) is 0.276. The molecule has 5 nitrogen and oxygen atoms in total. The van der Waals surface area contributed by atoms with Crippen LogP contribution >= 0.6 is 0 Å². The Morgan fingerprint density at radius 3 is 2.86 bits per heavy atom. The van der Waals surface area contributed by atoms with Gasteiger partial charge < -0.3 is 20.2 Å². The van der Waals surface area contributed by atoms with Gasteiger partial charge in [0.25, 0.3) is 5.91 Å². The quantitative estimate of drug-likeness (QED) is 0.888. The SMILES string of the molecule is NCc1cc(C(=O)Nc2cccc(OC3CCCC3)c2)co1. The maximum Gasteiger partial charge on any atom is 0.258 e. The van der Waals surface area contributed by atoms with E-state index < -0.39 is 0 Å². The van der Waals surface area contributed by atoms with Gasteiger partial charge in [-0.05, 0) is 43.9 Å². The number of amides is 1. The number of nitrogens with one attached hydrogen (secondary N) is 1. The van der Waals surface area contributed by atoms with Crippen molar-refractivity contribution in [3.05, 3.63) is 47.9 Å². The smallest absolute Gasteiger partial charge is 0.258 e. The molecule has 0 atom stereocenters. The molecule has 0 saturated heterocycles. The summed E-state index contributed by atoms with van der Waals surface area (Å²) < 4.78 is 11.1. The van der Waals surface area contributed by atoms with Crippen molar-refractivity contribution in [2.75, 3.05) is 5.32 Å². The lowest BCUT2D eigenvalue weighted by Crippen LogP contribution is -2.13. The predicted octanol–water partition coefficient (Wildman–Crippen LogP) is 3.31. The van der Waals surface area contributed by atoms with Crippen LogP contribution in [0.1, 0.15) is 41.8 Å². The van der Waals surface area contributed by atoms with Gasteiger partial charge in [-0.25, -0.2) is 0 Å². The molecule has 1 aliphatic rings. The molecule has 1 heterocycles. The highest BCUT2D eigenvalue weighted by Crippen LogP contribution is 2.26. The van der Waals surface area contributed by atoms with Gasteiger partial charge in [-0.1, -0.05) is 6.07 Å². The molecular weight excluding hydrogens is 280 g/mol. The van der Waals surface area contributed by atoms with E-state index in [1.165, 1.54) is 19.1 Å². The minimum absolute atomic E-state index is 0.221. The molecule has 0 aliphatic heterocycles. The number of furan rings is 1. The van der Waals surface area contributed by atoms with E-state index >= 15 is 0 Å². The normalized spacial score (nSPS) is 15.0. The monoisotopic (exact) mass is 300 g/mol. The van der Waals surface area contributed by atoms with Crippen molar-refractivity contribution in [2.45, 2.75) is 38.3 Å². The molecular formula is C17H20N2O3. The minimum atomic E-state index is -0.221. The molecule has 0 unspecified atom stereocenters. The van der Waals surface area contributed by atoms with Crippen molar-refractivity contribution < 1.29 is 13.9 Å². The Hall–Kier alpha value is -2.27. The van der Waals surface area contributed by atoms with Crippen LogP contribution in [-0.2, 0) is 6.54 Å². The molecule has 5 heteroatoms. The summed E-state index contributed by atoms with van der Waals surface area (Å²) in [6, 6.07) is 9.12. The predicted molar refractivity (Wildman–Crippen MR) is 83.9 cm³/mol. The molecule has 0 spiro atoms. The van der Waals surface area contributed by atoms with E-state index in [2.05, 4.69) is 5.32 Å². The molecule has 1 aromatic heterocycles. The van der Waals surface area contributed by atoms with Crippen LogP contribution in [0.15, 0.2) is 41.0 Å². The summed E-state index contributed by atoms with van der Waals surface area (Å²) in [5, 5.41) is 2.84. The standard InChI is InChI=1S/C17H20N2O3/c18-10-16-8-12(11-21-16)17(20)19-13-4-3-7-15(9-13)22-14-5-1-2-6-14/h3-4,7-9,11,14H,1-2,5-6,10,18H2,(H,19,20). The molecule has 116 valence electrons. The fourth-order valence-electron chi connectivity index (χ4n) is 2.66. The van der Waals surface area contributed by atoms with Crippen LogP contribution in [0.3, 0.4) is 0 Å². The van der Waals surface area contributed by atoms with Gasteiger partial charge in [0.1, 0.15) is 17.8 Å². The highest BCUT2D eigenvalue weighted by molar-refractivity contribution is 6.04. The van der Waals surface area contributed by atoms with Crippen LogP contribution in [0.2, 0.25) is 0 Å². The molecule has 0 radical (unpaired) electrons. The van der Waals surface area contributed by atoms with Gasteiger partial charge in [0.2, 0.25) is 0 Å². The highest BCUT2D eigenvalue weighted by atomic mass is 16.5. The summed E-state index contributed by atoms with van der Waals surface area (Å²) >= 11 is 0. The molecule has 3 rings (SSSR count). The molecule has 3 N–H and O–H groups in total. The van der Waals surface area contributed by atoms with Gasteiger partial charge in [0, 0.05) is 11.8 Å². The van der Waals surface area contributed by atoms with E-state index in [9.17, 15) is 4.79 Å². The third kappa shape index (κ3) is 3.49. The third-order valence-corrected chi connectivity index (χ3v) is 3.81. The number of ether oxygens (including phenoxy) is 1. The van der Waals surface area contributed by atoms with Crippen molar-refractivity contribution in [3.8, 4) is 5.75 Å². The molecule has 1 aromatic carbocycles. The summed E-state index contributed by atoms with van der Waals surface area (Å²) in [7, 11) is 0. The van der Waals surface area contributed by atoms with Crippen molar-refractivity contribution in [1.82, 2.24) is 0 Å². The Bertz CT molecular complexity index is 645. The number of hydrogen-bond donors (Lipinski definition) is 2. The first kappa shape index (κ1) is 14.7. The van der Waals surface area contributed by atoms with E-state index in [0.29, 0.717) is 23.1 Å². The highest BCUT2D eigenvalue weighted by Gasteiger charge is 2.16. The van der Waals surface area contributed by atoms with E-state index in [0.717, 1.165) is 18.6 Å². The van der Waals surface area contributed by atoms with Crippen molar-refractivity contribution in [3.63, 3.8) is 0 Å². The Morgan fingerprint density at radius 2 is 2.14 bits per heavy atom. The first-order valence-electron chi connectivity index (χ1n) is 7.60. The molecule has 1 fully saturated rings. The fourth-order valence-corrected chi connectivity index (χ4v) is 2.66. The lowest BCUT2D eigenvalue weighted by Gasteiger charge is -2.14. The van der Waals surface area contributed by atoms with Gasteiger partial charge >= 0.3 is 0 Å². The summed E-state index contributed by atoms with van der Waals surface area (Å²) in [6.07, 6.45) is 6.37. The number of carbonyl (C=O) groups excluding carboxylic acids is 1. The second kappa shape index (κ2) is 6.66. The molecule has 0 bridgehead atoms. The maximum atomic E-state index is 12.1. The van der Waals surface area contributed by atoms with Gasteiger partial charge in [0.15, 0.2) is 0 Å². The van der Waals surface area contributed by atoms with Crippen LogP contribution in [0.25, 0.3) is 0 Å². The Morgan fingerprint density at radius 1 is 1.32 bits per heavy atom. The second-order valence-electron chi connectivity index (χ2n) is 5.51. The average molecular weight is 300 g/mol. The Balaban J connectivity index is 1.65. The van der Waals surface area contributed by atoms with E-state index in [1.807, 2.05) is 24.3 Å². The van der Waals surface area contributed by atoms with Crippen LogP contribution in [0.4, 0.5) is 5.69 Å². The number of rotatable bonds is 5. The molecule has 2 aromatic rings. The number of carbonyl (C=O) groups is 1. The number of hydrogen-bond acceptors (Lipinski definition) is 4. The van der Waals surface area contributed by atoms with Crippen molar-refractivity contribution in [2.24, 2.45) is 5.73 Å². The van der Waals surface area contributed by atoms with Gasteiger partial charge in [-0.2, -0.15) is 0 Å². The Kier molecular flexibility index (Phi) is 4.44. The van der Waals surface area contributed by atoms with E-state index in [4.69, 9.17) is 14.9 Å². The zero-order chi connectivity index (χ0) is 15.4. The maximum absolute atomic E-state index is 12.1. The molecule has 1 aliphatic carbocycles. The topological polar surface area (TPSA) is 77.5 Å². The lowest BCUT2D eigenvalue weighted by molar-refractivity contribution is 0.102. The minimum Gasteiger partial charge on any atom is -0.490 e. The molecule has 22 heavy (non-hydrogen) atoms. The fraction of sp³-hybridized carbons (Fsp3) is 0.353. The Labute approximate surface area is 129 Å². The van der Waals surface area contributed by atoms with Crippen LogP contribution in [0.5, 0.6) is 5.75 Å². The van der Waals surface area contributed by atoms with Gasteiger partial charge in [-0.3, -0.25) is 4.79 Å². The molecule has 1 amide bonds. The second-order valence-corrected chi connectivity index (χ2v) is 5.51. The summed E-state index contributed by atoms with van der Waals surface area (Å²) in [5.41, 5.74) is 6.64. The van der Waals surface area contributed by atoms with Gasteiger partial charge in [-0.15, -0.1) is 0 Å². The summed E-state index contributed by atoms with van der Waals surface area (Å²) in [5.74, 6) is 1.16. The third-order valence-electron chi connectivity index (χ3n) is 3.81. The number of anilines is 1. The first-order valence-corrected chi connectivity index (χ1v) is 7.60. The average Bonchev–Trinajstić information content (AvgIpc) is 3.18. The zero-order valence-electron chi connectivity index (χ0n) is 12.4. The molecule has 1 saturated carbocycles. The van der Waals surface area contributed by atoms with Crippen LogP contribution < -0.4 is 15.8 Å². The van der Waals surface area contributed by atoms with E-state index in [1.54, 1.807) is 6.07 Å². The largest absolute Gasteiger partial charge is 0.490 e. The number of benzene rings is 1. The van der Waals surface area contributed by atoms with Crippen LogP contribution in [0, 0.1) is 0 Å². The summed E-state index contributed by atoms with van der Waals surface area (Å²) in [4.78, 5) is 12.1. The zero-order valence-corrected chi connectivity index (χ0v) is 12.4. The lowest BCUT2D eigenvalue weighted by atomic mass is 10.2. The van der Waals surface area contributed by atoms with Crippen molar-refractivity contribution in [1.29, 1.82) is 0 Å².